The Hall–Kier alpha value is -3.91. The molecule has 0 saturated heterocycles. The lowest BCUT2D eigenvalue weighted by atomic mass is 9.98. The molecule has 1 N–H and O–H groups in total. The fraction of sp³-hybridized carbons (Fsp3) is 0.192. The zero-order valence-electron chi connectivity index (χ0n) is 18.0. The van der Waals surface area contributed by atoms with Crippen LogP contribution < -0.4 is 10.7 Å². The van der Waals surface area contributed by atoms with Crippen LogP contribution in [0.4, 0.5) is 5.69 Å². The van der Waals surface area contributed by atoms with Gasteiger partial charge in [-0.05, 0) is 51.5 Å². The molecule has 2 heterocycles. The summed E-state index contributed by atoms with van der Waals surface area (Å²) in [5.41, 5.74) is 5.56. The van der Waals surface area contributed by atoms with Crippen molar-refractivity contribution in [1.29, 1.82) is 5.26 Å². The van der Waals surface area contributed by atoms with Gasteiger partial charge >= 0.3 is 0 Å². The summed E-state index contributed by atoms with van der Waals surface area (Å²) in [5.74, 6) is 0.574. The Bertz CT molecular complexity index is 1380. The van der Waals surface area contributed by atoms with Crippen molar-refractivity contribution in [2.24, 2.45) is 0 Å². The number of nitrogens with zero attached hydrogens (tertiary/aromatic N) is 2. The van der Waals surface area contributed by atoms with Crippen LogP contribution in [0.3, 0.4) is 0 Å². The minimum Gasteiger partial charge on any atom is -0.455 e. The number of rotatable bonds is 4. The van der Waals surface area contributed by atoms with E-state index in [1.807, 2.05) is 75.4 Å². The third-order valence-electron chi connectivity index (χ3n) is 5.41. The number of anilines is 1. The van der Waals surface area contributed by atoms with E-state index < -0.39 is 0 Å². The van der Waals surface area contributed by atoms with Gasteiger partial charge in [0.1, 0.15) is 17.4 Å². The van der Waals surface area contributed by atoms with Gasteiger partial charge in [0.05, 0.1) is 17.1 Å². The minimum atomic E-state index is -0.214. The highest BCUT2D eigenvalue weighted by atomic mass is 16.3. The highest BCUT2D eigenvalue weighted by Gasteiger charge is 2.19. The van der Waals surface area contributed by atoms with Gasteiger partial charge in [0.15, 0.2) is 11.1 Å². The predicted molar refractivity (Wildman–Crippen MR) is 123 cm³/mol. The molecule has 4 aromatic rings. The Morgan fingerprint density at radius 3 is 2.52 bits per heavy atom. The predicted octanol–water partition coefficient (Wildman–Crippen LogP) is 5.83. The van der Waals surface area contributed by atoms with Crippen LogP contribution >= 0.6 is 0 Å². The summed E-state index contributed by atoms with van der Waals surface area (Å²) in [6.07, 6.45) is 0. The Kier molecular flexibility index (Phi) is 5.31. The zero-order valence-corrected chi connectivity index (χ0v) is 18.0. The van der Waals surface area contributed by atoms with Crippen LogP contribution in [-0.2, 0) is 0 Å². The summed E-state index contributed by atoms with van der Waals surface area (Å²) in [5, 5.41) is 13.4. The van der Waals surface area contributed by atoms with Crippen molar-refractivity contribution < 1.29 is 4.42 Å². The molecule has 5 nitrogen and oxygen atoms in total. The van der Waals surface area contributed by atoms with E-state index in [0.717, 1.165) is 22.4 Å². The SMILES string of the molecule is Cc1cc(C(C)Nc2ccc(C)nc2C#N)c2oc(-c3ccccc3)c(C)c(=O)c2c1. The van der Waals surface area contributed by atoms with Gasteiger partial charge in [0.2, 0.25) is 0 Å². The molecule has 4 rings (SSSR count). The molecule has 1 atom stereocenters. The van der Waals surface area contributed by atoms with Gasteiger partial charge in [-0.1, -0.05) is 36.4 Å². The Balaban J connectivity index is 1.89. The third kappa shape index (κ3) is 3.80. The van der Waals surface area contributed by atoms with Crippen molar-refractivity contribution in [1.82, 2.24) is 4.98 Å². The molecule has 5 heteroatoms. The second kappa shape index (κ2) is 8.08. The Labute approximate surface area is 181 Å². The number of fused-ring (bicyclic) bond motifs is 1. The maximum atomic E-state index is 13.2. The Morgan fingerprint density at radius 1 is 1.06 bits per heavy atom. The van der Waals surface area contributed by atoms with E-state index in [0.29, 0.717) is 33.7 Å². The van der Waals surface area contributed by atoms with Crippen molar-refractivity contribution in [3.63, 3.8) is 0 Å². The number of benzene rings is 2. The molecule has 2 aromatic carbocycles. The number of nitrogens with one attached hydrogen (secondary N) is 1. The number of aryl methyl sites for hydroxylation is 2. The van der Waals surface area contributed by atoms with E-state index in [2.05, 4.69) is 16.4 Å². The molecule has 2 aromatic heterocycles. The number of nitriles is 1. The molecule has 0 amide bonds. The first-order valence-corrected chi connectivity index (χ1v) is 10.2. The van der Waals surface area contributed by atoms with Crippen LogP contribution in [0.1, 0.15) is 41.0 Å². The topological polar surface area (TPSA) is 78.9 Å². The smallest absolute Gasteiger partial charge is 0.196 e. The first-order chi connectivity index (χ1) is 14.9. The quantitative estimate of drug-likeness (QED) is 0.459. The first-order valence-electron chi connectivity index (χ1n) is 10.2. The maximum Gasteiger partial charge on any atom is 0.196 e. The number of hydrogen-bond donors (Lipinski definition) is 1. The molecule has 0 aliphatic heterocycles. The number of aromatic nitrogens is 1. The van der Waals surface area contributed by atoms with E-state index in [1.54, 1.807) is 6.92 Å². The van der Waals surface area contributed by atoms with Crippen molar-refractivity contribution in [2.75, 3.05) is 5.32 Å². The Morgan fingerprint density at radius 2 is 1.81 bits per heavy atom. The molecule has 0 spiro atoms. The lowest BCUT2D eigenvalue weighted by Gasteiger charge is -2.19. The lowest BCUT2D eigenvalue weighted by Crippen LogP contribution is -2.13. The van der Waals surface area contributed by atoms with Crippen molar-refractivity contribution in [2.45, 2.75) is 33.7 Å². The molecular weight excluding hydrogens is 386 g/mol. The van der Waals surface area contributed by atoms with Gasteiger partial charge in [-0.25, -0.2) is 4.98 Å². The first kappa shape index (κ1) is 20.4. The van der Waals surface area contributed by atoms with Crippen LogP contribution in [0.5, 0.6) is 0 Å². The molecular formula is C26H23N3O2. The van der Waals surface area contributed by atoms with Gasteiger partial charge in [-0.15, -0.1) is 0 Å². The van der Waals surface area contributed by atoms with Gasteiger partial charge < -0.3 is 9.73 Å². The van der Waals surface area contributed by atoms with Crippen LogP contribution in [0.15, 0.2) is 63.8 Å². The minimum absolute atomic E-state index is 0.0352. The number of pyridine rings is 1. The van der Waals surface area contributed by atoms with Crippen molar-refractivity contribution in [3.05, 3.63) is 92.9 Å². The van der Waals surface area contributed by atoms with E-state index in [1.165, 1.54) is 0 Å². The van der Waals surface area contributed by atoms with E-state index >= 15 is 0 Å². The zero-order chi connectivity index (χ0) is 22.1. The van der Waals surface area contributed by atoms with Crippen molar-refractivity contribution in [3.8, 4) is 17.4 Å². The third-order valence-corrected chi connectivity index (χ3v) is 5.41. The molecule has 0 radical (unpaired) electrons. The molecule has 154 valence electrons. The summed E-state index contributed by atoms with van der Waals surface area (Å²) in [4.78, 5) is 17.5. The normalized spacial score (nSPS) is 11.8. The summed E-state index contributed by atoms with van der Waals surface area (Å²) in [6, 6.07) is 19.2. The molecule has 0 fully saturated rings. The summed E-state index contributed by atoms with van der Waals surface area (Å²) < 4.78 is 6.36. The lowest BCUT2D eigenvalue weighted by molar-refractivity contribution is 0.605. The fourth-order valence-corrected chi connectivity index (χ4v) is 3.82. The van der Waals surface area contributed by atoms with Gasteiger partial charge in [-0.3, -0.25) is 4.79 Å². The highest BCUT2D eigenvalue weighted by Crippen LogP contribution is 2.32. The molecule has 0 saturated carbocycles. The molecule has 0 aliphatic carbocycles. The summed E-state index contributed by atoms with van der Waals surface area (Å²) >= 11 is 0. The van der Waals surface area contributed by atoms with E-state index in [9.17, 15) is 10.1 Å². The second-order valence-electron chi connectivity index (χ2n) is 7.81. The largest absolute Gasteiger partial charge is 0.455 e. The summed E-state index contributed by atoms with van der Waals surface area (Å²) in [7, 11) is 0. The summed E-state index contributed by atoms with van der Waals surface area (Å²) in [6.45, 7) is 7.60. The standard InChI is InChI=1S/C26H23N3O2/c1-15-12-20(18(4)29-22-11-10-16(2)28-23(22)14-27)26-21(13-15)24(30)17(3)25(31-26)19-8-6-5-7-9-19/h5-13,18,29H,1-4H3. The monoisotopic (exact) mass is 409 g/mol. The fourth-order valence-electron chi connectivity index (χ4n) is 3.82. The average Bonchev–Trinajstić information content (AvgIpc) is 2.77. The molecule has 0 bridgehead atoms. The number of hydrogen-bond acceptors (Lipinski definition) is 5. The van der Waals surface area contributed by atoms with Crippen molar-refractivity contribution >= 4 is 16.7 Å². The second-order valence-corrected chi connectivity index (χ2v) is 7.81. The van der Waals surface area contributed by atoms with Gasteiger partial charge in [-0.2, -0.15) is 5.26 Å². The van der Waals surface area contributed by atoms with E-state index in [-0.39, 0.29) is 11.5 Å². The average molecular weight is 409 g/mol. The van der Waals surface area contributed by atoms with Crippen LogP contribution in [0.2, 0.25) is 0 Å². The highest BCUT2D eigenvalue weighted by molar-refractivity contribution is 5.84. The van der Waals surface area contributed by atoms with Crippen LogP contribution in [-0.4, -0.2) is 4.98 Å². The van der Waals surface area contributed by atoms with Gasteiger partial charge in [0.25, 0.3) is 0 Å². The molecule has 31 heavy (non-hydrogen) atoms. The maximum absolute atomic E-state index is 13.2. The van der Waals surface area contributed by atoms with Crippen LogP contribution in [0.25, 0.3) is 22.3 Å². The molecule has 0 aliphatic rings. The van der Waals surface area contributed by atoms with Crippen LogP contribution in [0, 0.1) is 32.1 Å². The molecule has 1 unspecified atom stereocenters. The van der Waals surface area contributed by atoms with E-state index in [4.69, 9.17) is 4.42 Å². The van der Waals surface area contributed by atoms with Gasteiger partial charge in [0, 0.05) is 22.4 Å².